The van der Waals surface area contributed by atoms with Gasteiger partial charge in [0, 0.05) is 24.2 Å². The van der Waals surface area contributed by atoms with Gasteiger partial charge in [-0.2, -0.15) is 0 Å². The van der Waals surface area contributed by atoms with Gasteiger partial charge in [-0.1, -0.05) is 19.1 Å². The summed E-state index contributed by atoms with van der Waals surface area (Å²) in [7, 11) is 0. The van der Waals surface area contributed by atoms with Crippen LogP contribution >= 0.6 is 0 Å². The molecule has 132 valence electrons. The normalized spacial score (nSPS) is 15.0. The van der Waals surface area contributed by atoms with Crippen molar-refractivity contribution >= 4 is 23.3 Å². The number of aliphatic imine (C=N–C) groups is 1. The lowest BCUT2D eigenvalue weighted by Crippen LogP contribution is -2.28. The smallest absolute Gasteiger partial charge is 0.256 e. The Labute approximate surface area is 151 Å². The van der Waals surface area contributed by atoms with Gasteiger partial charge in [0.1, 0.15) is 17.4 Å². The van der Waals surface area contributed by atoms with Gasteiger partial charge in [0.05, 0.1) is 5.70 Å². The summed E-state index contributed by atoms with van der Waals surface area (Å²) in [6, 6.07) is 10.7. The Balaban J connectivity index is 1.77. The van der Waals surface area contributed by atoms with Gasteiger partial charge < -0.3 is 22.1 Å². The molecule has 26 heavy (non-hydrogen) atoms. The minimum Gasteiger partial charge on any atom is -0.396 e. The first-order valence-electron chi connectivity index (χ1n) is 8.20. The van der Waals surface area contributed by atoms with E-state index in [1.807, 2.05) is 19.1 Å². The second-order valence-electron chi connectivity index (χ2n) is 5.70. The molecule has 0 atom stereocenters. The molecule has 7 heteroatoms. The summed E-state index contributed by atoms with van der Waals surface area (Å²) >= 11 is 0. The third-order valence-corrected chi connectivity index (χ3v) is 3.97. The van der Waals surface area contributed by atoms with Crippen LogP contribution in [0.2, 0.25) is 0 Å². The minimum atomic E-state index is -0.233. The fourth-order valence-corrected chi connectivity index (χ4v) is 2.49. The fraction of sp³-hybridized carbons (Fsp3) is 0.105. The maximum absolute atomic E-state index is 12.4. The molecule has 6 N–H and O–H groups in total. The Bertz CT molecular complexity index is 912. The molecule has 1 aromatic heterocycles. The highest BCUT2D eigenvalue weighted by molar-refractivity contribution is 6.05. The molecule has 2 heterocycles. The maximum atomic E-state index is 12.4. The van der Waals surface area contributed by atoms with Gasteiger partial charge in [-0.3, -0.25) is 4.79 Å². The Kier molecular flexibility index (Phi) is 4.98. The van der Waals surface area contributed by atoms with Gasteiger partial charge in [0.2, 0.25) is 0 Å². The molecule has 1 aliphatic heterocycles. The van der Waals surface area contributed by atoms with Crippen molar-refractivity contribution in [2.45, 2.75) is 13.3 Å². The highest BCUT2D eigenvalue weighted by Crippen LogP contribution is 2.16. The van der Waals surface area contributed by atoms with Crippen LogP contribution in [0.1, 0.15) is 28.4 Å². The number of aryl methyl sites for hydroxylation is 1. The van der Waals surface area contributed by atoms with E-state index in [2.05, 4.69) is 20.6 Å². The summed E-state index contributed by atoms with van der Waals surface area (Å²) in [4.78, 5) is 20.6. The second kappa shape index (κ2) is 7.52. The van der Waals surface area contributed by atoms with Crippen LogP contribution in [0.15, 0.2) is 65.7 Å². The second-order valence-corrected chi connectivity index (χ2v) is 5.70. The standard InChI is InChI=1S/C19H20N6O/c1-2-12-7-8-22-15(11-12)25-19(26)14-5-3-13(4-6-14)16(20)17-18(21)24-10-9-23-17/h3-11,23H,2,20H2,1H3,(H2,21,24)(H,22,25,26)/b17-16-. The number of nitrogens with two attached hydrogens (primary N) is 2. The lowest BCUT2D eigenvalue weighted by molar-refractivity contribution is 0.102. The van der Waals surface area contributed by atoms with E-state index in [4.69, 9.17) is 11.5 Å². The van der Waals surface area contributed by atoms with E-state index in [1.54, 1.807) is 42.9 Å². The van der Waals surface area contributed by atoms with E-state index in [-0.39, 0.29) is 5.91 Å². The van der Waals surface area contributed by atoms with Crippen molar-refractivity contribution in [2.24, 2.45) is 16.5 Å². The summed E-state index contributed by atoms with van der Waals surface area (Å²) in [5, 5.41) is 5.78. The topological polar surface area (TPSA) is 118 Å². The zero-order chi connectivity index (χ0) is 18.5. The SMILES string of the molecule is CCc1ccnc(NC(=O)c2ccc(/C(N)=C3/NC=CN=C3N)cc2)c1. The summed E-state index contributed by atoms with van der Waals surface area (Å²) in [6.07, 6.45) is 5.77. The van der Waals surface area contributed by atoms with E-state index in [1.165, 1.54) is 0 Å². The molecule has 0 unspecified atom stereocenters. The predicted octanol–water partition coefficient (Wildman–Crippen LogP) is 1.96. The Morgan fingerprint density at radius 1 is 1.19 bits per heavy atom. The number of carbonyl (C=O) groups excluding carboxylic acids is 1. The first-order chi connectivity index (χ1) is 12.6. The molecule has 0 saturated carbocycles. The molecule has 0 aliphatic carbocycles. The van der Waals surface area contributed by atoms with E-state index in [0.29, 0.717) is 28.6 Å². The number of rotatable bonds is 4. The number of amides is 1. The largest absolute Gasteiger partial charge is 0.396 e. The van der Waals surface area contributed by atoms with Gasteiger partial charge in [0.25, 0.3) is 5.91 Å². The molecule has 7 nitrogen and oxygen atoms in total. The van der Waals surface area contributed by atoms with Crippen molar-refractivity contribution in [2.75, 3.05) is 5.32 Å². The van der Waals surface area contributed by atoms with Crippen LogP contribution in [0.4, 0.5) is 5.82 Å². The lowest BCUT2D eigenvalue weighted by Gasteiger charge is -2.14. The summed E-state index contributed by atoms with van der Waals surface area (Å²) in [5.41, 5.74) is 15.3. The number of pyridine rings is 1. The van der Waals surface area contributed by atoms with Gasteiger partial charge in [-0.25, -0.2) is 9.98 Å². The van der Waals surface area contributed by atoms with Gasteiger partial charge in [-0.05, 0) is 41.8 Å². The van der Waals surface area contributed by atoms with Crippen LogP contribution in [0.5, 0.6) is 0 Å². The fourth-order valence-electron chi connectivity index (χ4n) is 2.49. The molecule has 0 bridgehead atoms. The molecule has 0 fully saturated rings. The monoisotopic (exact) mass is 348 g/mol. The van der Waals surface area contributed by atoms with E-state index < -0.39 is 0 Å². The predicted molar refractivity (Wildman–Crippen MR) is 103 cm³/mol. The Morgan fingerprint density at radius 2 is 1.92 bits per heavy atom. The number of anilines is 1. The van der Waals surface area contributed by atoms with Gasteiger partial charge >= 0.3 is 0 Å². The summed E-state index contributed by atoms with van der Waals surface area (Å²) < 4.78 is 0. The van der Waals surface area contributed by atoms with Crippen LogP contribution in [0, 0.1) is 0 Å². The zero-order valence-electron chi connectivity index (χ0n) is 14.4. The van der Waals surface area contributed by atoms with Crippen LogP contribution in [-0.2, 0) is 6.42 Å². The molecule has 0 radical (unpaired) electrons. The third-order valence-electron chi connectivity index (χ3n) is 3.97. The van der Waals surface area contributed by atoms with Crippen molar-refractivity contribution in [3.8, 4) is 0 Å². The molecule has 3 rings (SSSR count). The van der Waals surface area contributed by atoms with Crippen molar-refractivity contribution in [1.29, 1.82) is 0 Å². The molecule has 0 spiro atoms. The maximum Gasteiger partial charge on any atom is 0.256 e. The summed E-state index contributed by atoms with van der Waals surface area (Å²) in [6.45, 7) is 2.05. The van der Waals surface area contributed by atoms with Crippen molar-refractivity contribution < 1.29 is 4.79 Å². The van der Waals surface area contributed by atoms with Crippen LogP contribution < -0.4 is 22.1 Å². The number of amidine groups is 1. The van der Waals surface area contributed by atoms with E-state index in [9.17, 15) is 4.79 Å². The Hall–Kier alpha value is -3.61. The first-order valence-corrected chi connectivity index (χ1v) is 8.20. The molecular formula is C19H20N6O. The van der Waals surface area contributed by atoms with Crippen molar-refractivity contribution in [3.63, 3.8) is 0 Å². The molecule has 1 amide bonds. The average Bonchev–Trinajstić information content (AvgIpc) is 2.68. The first kappa shape index (κ1) is 17.2. The van der Waals surface area contributed by atoms with E-state index >= 15 is 0 Å². The van der Waals surface area contributed by atoms with Crippen molar-refractivity contribution in [1.82, 2.24) is 10.3 Å². The van der Waals surface area contributed by atoms with Crippen molar-refractivity contribution in [3.05, 3.63) is 77.4 Å². The molecule has 0 saturated heterocycles. The van der Waals surface area contributed by atoms with Crippen LogP contribution in [-0.4, -0.2) is 16.7 Å². The molecule has 1 aromatic carbocycles. The lowest BCUT2D eigenvalue weighted by atomic mass is 10.1. The number of benzene rings is 1. The average molecular weight is 348 g/mol. The zero-order valence-corrected chi connectivity index (χ0v) is 14.4. The van der Waals surface area contributed by atoms with Gasteiger partial charge in [-0.15, -0.1) is 0 Å². The number of aromatic nitrogens is 1. The quantitative estimate of drug-likeness (QED) is 0.673. The highest BCUT2D eigenvalue weighted by atomic mass is 16.1. The third kappa shape index (κ3) is 3.72. The van der Waals surface area contributed by atoms with Crippen LogP contribution in [0.3, 0.4) is 0 Å². The Morgan fingerprint density at radius 3 is 2.62 bits per heavy atom. The highest BCUT2D eigenvalue weighted by Gasteiger charge is 2.12. The van der Waals surface area contributed by atoms with E-state index in [0.717, 1.165) is 17.5 Å². The number of nitrogens with one attached hydrogen (secondary N) is 2. The van der Waals surface area contributed by atoms with Crippen LogP contribution in [0.25, 0.3) is 5.70 Å². The van der Waals surface area contributed by atoms with Gasteiger partial charge in [0.15, 0.2) is 0 Å². The number of hydrogen-bond donors (Lipinski definition) is 4. The minimum absolute atomic E-state index is 0.233. The number of hydrogen-bond acceptors (Lipinski definition) is 6. The molecule has 1 aliphatic rings. The molecular weight excluding hydrogens is 328 g/mol. The number of carbonyl (C=O) groups is 1. The summed E-state index contributed by atoms with van der Waals surface area (Å²) in [5.74, 6) is 0.610. The number of nitrogens with zero attached hydrogens (tertiary/aromatic N) is 2. The molecule has 2 aromatic rings.